The normalized spacial score (nSPS) is 28.6. The van der Waals surface area contributed by atoms with Gasteiger partial charge in [0.15, 0.2) is 0 Å². The Hall–Kier alpha value is -0.710. The maximum atomic E-state index is 11.5. The fourth-order valence-corrected chi connectivity index (χ4v) is 2.07. The first-order valence-corrected chi connectivity index (χ1v) is 4.71. The highest BCUT2D eigenvalue weighted by Crippen LogP contribution is 2.33. The zero-order valence-corrected chi connectivity index (χ0v) is 8.87. The minimum Gasteiger partial charge on any atom is -0.322 e. The number of rotatable bonds is 1. The maximum absolute atomic E-state index is 11.5. The van der Waals surface area contributed by atoms with Crippen LogP contribution in [0.25, 0.3) is 0 Å². The number of carbonyl (C=O) groups is 2. The molecule has 5 heteroatoms. The van der Waals surface area contributed by atoms with Gasteiger partial charge in [-0.25, -0.2) is 4.79 Å². The van der Waals surface area contributed by atoms with Gasteiger partial charge >= 0.3 is 6.03 Å². The summed E-state index contributed by atoms with van der Waals surface area (Å²) in [6, 6.07) is -0.436. The lowest BCUT2D eigenvalue weighted by atomic mass is 9.75. The summed E-state index contributed by atoms with van der Waals surface area (Å²) >= 11 is 4.12. The Bertz CT molecular complexity index is 259. The molecule has 1 saturated heterocycles. The number of amides is 3. The predicted octanol–water partition coefficient (Wildman–Crippen LogP) is 0.540. The smallest absolute Gasteiger partial charge is 0.322 e. The molecule has 0 bridgehead atoms. The third-order valence-electron chi connectivity index (χ3n) is 2.46. The number of imide groups is 1. The quantitative estimate of drug-likeness (QED) is 0.429. The SMILES string of the molecule is CC(C)(C)C1(CS)NC(=O)NC1=O. The van der Waals surface area contributed by atoms with Crippen LogP contribution >= 0.6 is 12.6 Å². The van der Waals surface area contributed by atoms with Crippen LogP contribution in [0.2, 0.25) is 0 Å². The van der Waals surface area contributed by atoms with Crippen molar-refractivity contribution in [3.05, 3.63) is 0 Å². The minimum absolute atomic E-state index is 0.292. The molecule has 1 heterocycles. The van der Waals surface area contributed by atoms with Gasteiger partial charge in [-0.1, -0.05) is 20.8 Å². The monoisotopic (exact) mass is 202 g/mol. The van der Waals surface area contributed by atoms with Crippen LogP contribution in [0.1, 0.15) is 20.8 Å². The van der Waals surface area contributed by atoms with Crippen LogP contribution in [-0.2, 0) is 4.79 Å². The number of carbonyl (C=O) groups excluding carboxylic acids is 2. The first-order chi connectivity index (χ1) is 5.83. The molecule has 1 atom stereocenters. The largest absolute Gasteiger partial charge is 0.322 e. The fourth-order valence-electron chi connectivity index (χ4n) is 1.37. The maximum Gasteiger partial charge on any atom is 0.322 e. The highest BCUT2D eigenvalue weighted by atomic mass is 32.1. The molecular weight excluding hydrogens is 188 g/mol. The first kappa shape index (κ1) is 10.4. The summed E-state index contributed by atoms with van der Waals surface area (Å²) in [5, 5.41) is 4.86. The van der Waals surface area contributed by atoms with Gasteiger partial charge in [-0.2, -0.15) is 12.6 Å². The first-order valence-electron chi connectivity index (χ1n) is 4.08. The topological polar surface area (TPSA) is 58.2 Å². The van der Waals surface area contributed by atoms with Gasteiger partial charge in [-0.15, -0.1) is 0 Å². The van der Waals surface area contributed by atoms with E-state index in [9.17, 15) is 9.59 Å². The molecule has 3 amide bonds. The van der Waals surface area contributed by atoms with Crippen LogP contribution in [-0.4, -0.2) is 23.2 Å². The van der Waals surface area contributed by atoms with Gasteiger partial charge in [0.1, 0.15) is 5.54 Å². The molecular formula is C8H14N2O2S. The Labute approximate surface area is 82.9 Å². The summed E-state index contributed by atoms with van der Waals surface area (Å²) in [4.78, 5) is 22.5. The Morgan fingerprint density at radius 2 is 1.92 bits per heavy atom. The highest BCUT2D eigenvalue weighted by Gasteiger charge is 2.53. The van der Waals surface area contributed by atoms with E-state index in [1.54, 1.807) is 0 Å². The molecule has 4 nitrogen and oxygen atoms in total. The predicted molar refractivity (Wildman–Crippen MR) is 52.7 cm³/mol. The average Bonchev–Trinajstić information content (AvgIpc) is 2.25. The lowest BCUT2D eigenvalue weighted by Gasteiger charge is -2.37. The van der Waals surface area contributed by atoms with Crippen molar-refractivity contribution in [3.63, 3.8) is 0 Å². The van der Waals surface area contributed by atoms with Crippen molar-refractivity contribution in [1.82, 2.24) is 10.6 Å². The summed E-state index contributed by atoms with van der Waals surface area (Å²) < 4.78 is 0. The van der Waals surface area contributed by atoms with E-state index in [4.69, 9.17) is 0 Å². The summed E-state index contributed by atoms with van der Waals surface area (Å²) in [6.45, 7) is 5.69. The number of thiol groups is 1. The lowest BCUT2D eigenvalue weighted by molar-refractivity contribution is -0.126. The van der Waals surface area contributed by atoms with Crippen LogP contribution in [0.15, 0.2) is 0 Å². The van der Waals surface area contributed by atoms with Crippen molar-refractivity contribution in [2.24, 2.45) is 5.41 Å². The molecule has 0 spiro atoms. The van der Waals surface area contributed by atoms with E-state index < -0.39 is 11.6 Å². The molecule has 13 heavy (non-hydrogen) atoms. The molecule has 0 aliphatic carbocycles. The van der Waals surface area contributed by atoms with Crippen LogP contribution in [0.3, 0.4) is 0 Å². The molecule has 0 saturated carbocycles. The van der Waals surface area contributed by atoms with Gasteiger partial charge in [0.05, 0.1) is 0 Å². The summed E-state index contributed by atoms with van der Waals surface area (Å²) in [5.41, 5.74) is -1.22. The van der Waals surface area contributed by atoms with E-state index in [1.165, 1.54) is 0 Å². The van der Waals surface area contributed by atoms with E-state index in [0.717, 1.165) is 0 Å². The van der Waals surface area contributed by atoms with Gasteiger partial charge in [0, 0.05) is 5.75 Å². The number of hydrogen-bond donors (Lipinski definition) is 3. The molecule has 0 aromatic carbocycles. The van der Waals surface area contributed by atoms with Crippen LogP contribution in [0.5, 0.6) is 0 Å². The zero-order valence-electron chi connectivity index (χ0n) is 7.97. The second-order valence-corrected chi connectivity index (χ2v) is 4.54. The van der Waals surface area contributed by atoms with Crippen molar-refractivity contribution in [2.75, 3.05) is 5.75 Å². The fraction of sp³-hybridized carbons (Fsp3) is 0.750. The number of hydrogen-bond acceptors (Lipinski definition) is 3. The number of urea groups is 1. The summed E-state index contributed by atoms with van der Waals surface area (Å²) in [6.07, 6.45) is 0. The second kappa shape index (κ2) is 2.90. The number of nitrogens with one attached hydrogen (secondary N) is 2. The molecule has 74 valence electrons. The van der Waals surface area contributed by atoms with Gasteiger partial charge in [-0.05, 0) is 5.41 Å². The minimum atomic E-state index is -0.882. The van der Waals surface area contributed by atoms with E-state index >= 15 is 0 Å². The third-order valence-corrected chi connectivity index (χ3v) is 2.93. The molecule has 1 fully saturated rings. The third kappa shape index (κ3) is 1.41. The van der Waals surface area contributed by atoms with Gasteiger partial charge < -0.3 is 5.32 Å². The standard InChI is InChI=1S/C8H14N2O2S/c1-7(2,3)8(4-13)5(11)9-6(12)10-8/h13H,4H2,1-3H3,(H2,9,10,11,12). The Morgan fingerprint density at radius 3 is 2.08 bits per heavy atom. The van der Waals surface area contributed by atoms with Crippen molar-refractivity contribution in [2.45, 2.75) is 26.3 Å². The van der Waals surface area contributed by atoms with Crippen molar-refractivity contribution in [3.8, 4) is 0 Å². The second-order valence-electron chi connectivity index (χ2n) is 4.22. The Balaban J connectivity index is 3.08. The molecule has 1 aliphatic heterocycles. The molecule has 0 aromatic rings. The summed E-state index contributed by atoms with van der Waals surface area (Å²) in [7, 11) is 0. The molecule has 2 N–H and O–H groups in total. The van der Waals surface area contributed by atoms with E-state index in [0.29, 0.717) is 5.75 Å². The molecule has 0 radical (unpaired) electrons. The van der Waals surface area contributed by atoms with Gasteiger partial charge in [0.2, 0.25) is 0 Å². The molecule has 1 aliphatic rings. The van der Waals surface area contributed by atoms with Crippen LogP contribution in [0.4, 0.5) is 4.79 Å². The zero-order chi connectivity index (χ0) is 10.3. The van der Waals surface area contributed by atoms with E-state index in [2.05, 4.69) is 23.3 Å². The average molecular weight is 202 g/mol. The van der Waals surface area contributed by atoms with Gasteiger partial charge in [-0.3, -0.25) is 10.1 Å². The Kier molecular flexibility index (Phi) is 2.32. The van der Waals surface area contributed by atoms with Crippen molar-refractivity contribution < 1.29 is 9.59 Å². The van der Waals surface area contributed by atoms with Crippen molar-refractivity contribution >= 4 is 24.6 Å². The van der Waals surface area contributed by atoms with Crippen LogP contribution in [0, 0.1) is 5.41 Å². The van der Waals surface area contributed by atoms with Crippen LogP contribution < -0.4 is 10.6 Å². The summed E-state index contributed by atoms with van der Waals surface area (Å²) in [5.74, 6) is 0.00801. The highest BCUT2D eigenvalue weighted by molar-refractivity contribution is 7.80. The molecule has 0 aromatic heterocycles. The van der Waals surface area contributed by atoms with E-state index in [-0.39, 0.29) is 11.3 Å². The van der Waals surface area contributed by atoms with E-state index in [1.807, 2.05) is 20.8 Å². The molecule has 1 unspecified atom stereocenters. The van der Waals surface area contributed by atoms with Crippen molar-refractivity contribution in [1.29, 1.82) is 0 Å². The molecule has 1 rings (SSSR count). The van der Waals surface area contributed by atoms with Gasteiger partial charge in [0.25, 0.3) is 5.91 Å². The Morgan fingerprint density at radius 1 is 1.38 bits per heavy atom. The lowest BCUT2D eigenvalue weighted by Crippen LogP contribution is -2.58.